The molecule has 10 heteroatoms. The molecule has 35 heavy (non-hydrogen) atoms. The van der Waals surface area contributed by atoms with E-state index in [-0.39, 0.29) is 29.1 Å². The van der Waals surface area contributed by atoms with Crippen LogP contribution in [0.3, 0.4) is 0 Å². The van der Waals surface area contributed by atoms with Crippen LogP contribution in [0.25, 0.3) is 0 Å². The van der Waals surface area contributed by atoms with Crippen LogP contribution >= 0.6 is 0 Å². The molecule has 0 bridgehead atoms. The van der Waals surface area contributed by atoms with Crippen molar-refractivity contribution in [1.29, 1.82) is 0 Å². The minimum absolute atomic E-state index is 0.0347. The molecule has 2 heterocycles. The Labute approximate surface area is 201 Å². The van der Waals surface area contributed by atoms with E-state index in [1.54, 1.807) is 38.1 Å². The molecule has 0 saturated heterocycles. The lowest BCUT2D eigenvalue weighted by molar-refractivity contribution is -0.128. The SMILES string of the molecule is COCCCN1C(=O)c2ccc(C(=O)OCC(=O)N3c4ccccc4NC(=O)C3(C)C)cc2C1=O. The molecular weight excluding hydrogens is 454 g/mol. The molecule has 0 unspecified atom stereocenters. The normalized spacial score (nSPS) is 16.0. The van der Waals surface area contributed by atoms with Gasteiger partial charge in [-0.15, -0.1) is 0 Å². The first kappa shape index (κ1) is 24.1. The van der Waals surface area contributed by atoms with E-state index in [2.05, 4.69) is 5.32 Å². The van der Waals surface area contributed by atoms with Crippen molar-refractivity contribution in [2.24, 2.45) is 0 Å². The van der Waals surface area contributed by atoms with Crippen LogP contribution in [0.4, 0.5) is 11.4 Å². The number of anilines is 2. The number of para-hydroxylation sites is 2. The second kappa shape index (κ2) is 9.30. The zero-order valence-corrected chi connectivity index (χ0v) is 19.6. The molecule has 0 fully saturated rings. The van der Waals surface area contributed by atoms with Crippen LogP contribution in [0.5, 0.6) is 0 Å². The Bertz CT molecular complexity index is 1240. The van der Waals surface area contributed by atoms with Crippen LogP contribution in [0.1, 0.15) is 51.3 Å². The number of esters is 1. The second-order valence-electron chi connectivity index (χ2n) is 8.70. The number of carbonyl (C=O) groups is 5. The predicted octanol–water partition coefficient (Wildman–Crippen LogP) is 2.24. The fraction of sp³-hybridized carbons (Fsp3) is 0.320. The molecule has 2 aromatic carbocycles. The number of ether oxygens (including phenoxy) is 2. The van der Waals surface area contributed by atoms with Crippen molar-refractivity contribution in [3.63, 3.8) is 0 Å². The lowest BCUT2D eigenvalue weighted by Crippen LogP contribution is -2.59. The first-order valence-electron chi connectivity index (χ1n) is 11.1. The van der Waals surface area contributed by atoms with Crippen molar-refractivity contribution >= 4 is 41.0 Å². The molecule has 0 atom stereocenters. The minimum Gasteiger partial charge on any atom is -0.452 e. The highest BCUT2D eigenvalue weighted by Crippen LogP contribution is 2.36. The van der Waals surface area contributed by atoms with Crippen LogP contribution in [0.2, 0.25) is 0 Å². The minimum atomic E-state index is -1.20. The van der Waals surface area contributed by atoms with Gasteiger partial charge in [0.25, 0.3) is 17.7 Å². The Balaban J connectivity index is 1.48. The Morgan fingerprint density at radius 3 is 2.46 bits per heavy atom. The van der Waals surface area contributed by atoms with Crippen molar-refractivity contribution < 1.29 is 33.4 Å². The van der Waals surface area contributed by atoms with Gasteiger partial charge in [-0.3, -0.25) is 29.0 Å². The summed E-state index contributed by atoms with van der Waals surface area (Å²) in [6, 6.07) is 10.9. The van der Waals surface area contributed by atoms with Crippen LogP contribution in [-0.4, -0.2) is 66.9 Å². The molecule has 1 N–H and O–H groups in total. The van der Waals surface area contributed by atoms with Crippen molar-refractivity contribution in [3.8, 4) is 0 Å². The van der Waals surface area contributed by atoms with Gasteiger partial charge in [0.05, 0.1) is 28.1 Å². The third kappa shape index (κ3) is 4.28. The van der Waals surface area contributed by atoms with Gasteiger partial charge in [0.15, 0.2) is 6.61 Å². The average Bonchev–Trinajstić information content (AvgIpc) is 3.07. The van der Waals surface area contributed by atoms with E-state index in [0.29, 0.717) is 24.4 Å². The van der Waals surface area contributed by atoms with Crippen LogP contribution in [0.15, 0.2) is 42.5 Å². The third-order valence-electron chi connectivity index (χ3n) is 6.02. The molecule has 4 rings (SSSR count). The van der Waals surface area contributed by atoms with E-state index in [9.17, 15) is 24.0 Å². The van der Waals surface area contributed by atoms with Gasteiger partial charge >= 0.3 is 5.97 Å². The fourth-order valence-corrected chi connectivity index (χ4v) is 4.16. The van der Waals surface area contributed by atoms with Crippen LogP contribution < -0.4 is 10.2 Å². The number of nitrogens with zero attached hydrogens (tertiary/aromatic N) is 2. The van der Waals surface area contributed by atoms with E-state index in [4.69, 9.17) is 9.47 Å². The van der Waals surface area contributed by atoms with Gasteiger partial charge in [-0.05, 0) is 50.6 Å². The van der Waals surface area contributed by atoms with E-state index in [1.165, 1.54) is 30.2 Å². The summed E-state index contributed by atoms with van der Waals surface area (Å²) in [6.45, 7) is 3.18. The highest BCUT2D eigenvalue weighted by molar-refractivity contribution is 6.22. The Kier molecular flexibility index (Phi) is 6.40. The molecule has 2 aliphatic heterocycles. The molecule has 0 aliphatic carbocycles. The number of carbonyl (C=O) groups excluding carboxylic acids is 5. The van der Waals surface area contributed by atoms with Crippen molar-refractivity contribution in [2.75, 3.05) is 37.1 Å². The average molecular weight is 479 g/mol. The van der Waals surface area contributed by atoms with Gasteiger partial charge in [-0.2, -0.15) is 0 Å². The number of amides is 4. The zero-order valence-electron chi connectivity index (χ0n) is 19.6. The highest BCUT2D eigenvalue weighted by atomic mass is 16.5. The molecule has 182 valence electrons. The van der Waals surface area contributed by atoms with E-state index >= 15 is 0 Å². The fourth-order valence-electron chi connectivity index (χ4n) is 4.16. The number of fused-ring (bicyclic) bond motifs is 2. The number of hydrogen-bond donors (Lipinski definition) is 1. The molecule has 2 aromatic rings. The van der Waals surface area contributed by atoms with Gasteiger partial charge in [-0.1, -0.05) is 12.1 Å². The summed E-state index contributed by atoms with van der Waals surface area (Å²) in [5.41, 5.74) is 0.118. The smallest absolute Gasteiger partial charge is 0.338 e. The van der Waals surface area contributed by atoms with Gasteiger partial charge in [-0.25, -0.2) is 4.79 Å². The molecule has 0 radical (unpaired) electrons. The number of imide groups is 1. The van der Waals surface area contributed by atoms with Crippen molar-refractivity contribution in [3.05, 3.63) is 59.2 Å². The summed E-state index contributed by atoms with van der Waals surface area (Å²) in [5, 5.41) is 2.77. The number of rotatable bonds is 7. The molecule has 2 aliphatic rings. The number of hydrogen-bond acceptors (Lipinski definition) is 7. The van der Waals surface area contributed by atoms with E-state index < -0.39 is 35.8 Å². The summed E-state index contributed by atoms with van der Waals surface area (Å²) in [6.07, 6.45) is 0.493. The zero-order chi connectivity index (χ0) is 25.3. The topological polar surface area (TPSA) is 122 Å². The lowest BCUT2D eigenvalue weighted by Gasteiger charge is -2.41. The predicted molar refractivity (Wildman–Crippen MR) is 125 cm³/mol. The molecule has 4 amide bonds. The van der Waals surface area contributed by atoms with E-state index in [0.717, 1.165) is 4.90 Å². The Morgan fingerprint density at radius 2 is 1.71 bits per heavy atom. The van der Waals surface area contributed by atoms with Crippen LogP contribution in [-0.2, 0) is 19.1 Å². The monoisotopic (exact) mass is 479 g/mol. The summed E-state index contributed by atoms with van der Waals surface area (Å²) in [7, 11) is 1.53. The molecular formula is C25H25N3O7. The van der Waals surface area contributed by atoms with Gasteiger partial charge in [0, 0.05) is 20.3 Å². The Morgan fingerprint density at radius 1 is 1.00 bits per heavy atom. The van der Waals surface area contributed by atoms with Crippen molar-refractivity contribution in [1.82, 2.24) is 4.90 Å². The maximum absolute atomic E-state index is 13.1. The van der Waals surface area contributed by atoms with Gasteiger partial charge in [0.2, 0.25) is 5.91 Å². The first-order chi connectivity index (χ1) is 16.7. The number of benzene rings is 2. The number of nitrogens with one attached hydrogen (secondary N) is 1. The third-order valence-corrected chi connectivity index (χ3v) is 6.02. The molecule has 10 nitrogen and oxygen atoms in total. The van der Waals surface area contributed by atoms with Crippen molar-refractivity contribution in [2.45, 2.75) is 25.8 Å². The standard InChI is InChI=1S/C25H25N3O7/c1-25(2)24(33)26-18-7-4-5-8-19(18)28(25)20(29)14-35-23(32)15-9-10-16-17(13-15)22(31)27(21(16)30)11-6-12-34-3/h4-5,7-10,13H,6,11-12,14H2,1-3H3,(H,26,33). The maximum Gasteiger partial charge on any atom is 0.338 e. The Hall–Kier alpha value is -4.05. The lowest BCUT2D eigenvalue weighted by atomic mass is 9.96. The maximum atomic E-state index is 13.1. The molecule has 0 aromatic heterocycles. The van der Waals surface area contributed by atoms with Crippen LogP contribution in [0, 0.1) is 0 Å². The summed E-state index contributed by atoms with van der Waals surface area (Å²) in [5.74, 6) is -2.70. The summed E-state index contributed by atoms with van der Waals surface area (Å²) >= 11 is 0. The summed E-state index contributed by atoms with van der Waals surface area (Å²) < 4.78 is 10.2. The first-order valence-corrected chi connectivity index (χ1v) is 11.1. The van der Waals surface area contributed by atoms with Gasteiger partial charge in [0.1, 0.15) is 5.54 Å². The number of methoxy groups -OCH3 is 1. The molecule has 0 spiro atoms. The molecule has 0 saturated carbocycles. The summed E-state index contributed by atoms with van der Waals surface area (Å²) in [4.78, 5) is 65.9. The largest absolute Gasteiger partial charge is 0.452 e. The quantitative estimate of drug-likeness (QED) is 0.367. The highest BCUT2D eigenvalue weighted by Gasteiger charge is 2.43. The second-order valence-corrected chi connectivity index (χ2v) is 8.70. The van der Waals surface area contributed by atoms with Gasteiger partial charge < -0.3 is 14.8 Å². The van der Waals surface area contributed by atoms with E-state index in [1.807, 2.05) is 0 Å².